The summed E-state index contributed by atoms with van der Waals surface area (Å²) in [7, 11) is 0. The van der Waals surface area contributed by atoms with Crippen LogP contribution in [-0.2, 0) is 6.54 Å². The van der Waals surface area contributed by atoms with Crippen LogP contribution in [0.25, 0.3) is 0 Å². The lowest BCUT2D eigenvalue weighted by Crippen LogP contribution is -2.52. The molecular weight excluding hydrogens is 276 g/mol. The molecule has 0 radical (unpaired) electrons. The maximum absolute atomic E-state index is 6.16. The van der Waals surface area contributed by atoms with Crippen molar-refractivity contribution in [1.82, 2.24) is 4.90 Å². The summed E-state index contributed by atoms with van der Waals surface area (Å²) in [4.78, 5) is 2.50. The molecule has 17 heavy (non-hydrogen) atoms. The van der Waals surface area contributed by atoms with Gasteiger partial charge in [-0.25, -0.2) is 0 Å². The van der Waals surface area contributed by atoms with Crippen molar-refractivity contribution in [2.24, 2.45) is 11.1 Å². The highest BCUT2D eigenvalue weighted by molar-refractivity contribution is 9.10. The van der Waals surface area contributed by atoms with Crippen LogP contribution in [-0.4, -0.2) is 24.0 Å². The number of likely N-dealkylation sites (tertiary alicyclic amines) is 1. The number of nitrogens with two attached hydrogens (primary N) is 1. The second-order valence-corrected chi connectivity index (χ2v) is 6.54. The van der Waals surface area contributed by atoms with Crippen molar-refractivity contribution in [3.05, 3.63) is 34.3 Å². The summed E-state index contributed by atoms with van der Waals surface area (Å²) in [6.07, 6.45) is 1.09. The highest BCUT2D eigenvalue weighted by Gasteiger charge is 2.33. The van der Waals surface area contributed by atoms with E-state index >= 15 is 0 Å². The molecule has 0 amide bonds. The van der Waals surface area contributed by atoms with E-state index in [1.807, 2.05) is 0 Å². The first-order valence-corrected chi connectivity index (χ1v) is 7.00. The Morgan fingerprint density at radius 2 is 2.12 bits per heavy atom. The zero-order chi connectivity index (χ0) is 12.5. The molecule has 1 aromatic carbocycles. The largest absolute Gasteiger partial charge is 0.327 e. The first-order valence-electron chi connectivity index (χ1n) is 6.20. The summed E-state index contributed by atoms with van der Waals surface area (Å²) >= 11 is 3.61. The van der Waals surface area contributed by atoms with Crippen molar-refractivity contribution in [1.29, 1.82) is 0 Å². The van der Waals surface area contributed by atoms with E-state index in [0.717, 1.165) is 26.1 Å². The number of hydrogen-bond acceptors (Lipinski definition) is 2. The highest BCUT2D eigenvalue weighted by Crippen LogP contribution is 2.29. The van der Waals surface area contributed by atoms with Gasteiger partial charge >= 0.3 is 0 Å². The third-order valence-corrected chi connectivity index (χ3v) is 4.52. The van der Waals surface area contributed by atoms with Crippen LogP contribution in [0.1, 0.15) is 25.8 Å². The quantitative estimate of drug-likeness (QED) is 0.909. The first-order chi connectivity index (χ1) is 7.99. The van der Waals surface area contributed by atoms with E-state index < -0.39 is 0 Å². The zero-order valence-electron chi connectivity index (χ0n) is 10.6. The van der Waals surface area contributed by atoms with E-state index in [0.29, 0.717) is 6.04 Å². The average molecular weight is 297 g/mol. The van der Waals surface area contributed by atoms with Gasteiger partial charge in [-0.2, -0.15) is 0 Å². The minimum absolute atomic E-state index is 0.222. The Balaban J connectivity index is 2.04. The van der Waals surface area contributed by atoms with E-state index in [9.17, 15) is 0 Å². The number of nitrogens with zero attached hydrogens (tertiary/aromatic N) is 1. The summed E-state index contributed by atoms with van der Waals surface area (Å²) in [5, 5.41) is 0. The Bertz CT molecular complexity index is 390. The standard InChI is InChI=1S/C14H21BrN2/c1-14(2)10-17(8-7-13(14)16)9-11-5-3-4-6-12(11)15/h3-6,13H,7-10,16H2,1-2H3. The molecule has 3 heteroatoms. The van der Waals surface area contributed by atoms with Crippen molar-refractivity contribution >= 4 is 15.9 Å². The van der Waals surface area contributed by atoms with Gasteiger partial charge in [0.2, 0.25) is 0 Å². The van der Waals surface area contributed by atoms with Crippen LogP contribution in [0.2, 0.25) is 0 Å². The second kappa shape index (κ2) is 5.09. The average Bonchev–Trinajstić information content (AvgIpc) is 2.26. The van der Waals surface area contributed by atoms with Gasteiger partial charge in [0, 0.05) is 30.1 Å². The molecule has 2 N–H and O–H groups in total. The van der Waals surface area contributed by atoms with Gasteiger partial charge < -0.3 is 5.73 Å². The predicted octanol–water partition coefficient (Wildman–Crippen LogP) is 3.01. The summed E-state index contributed by atoms with van der Waals surface area (Å²) < 4.78 is 1.20. The fraction of sp³-hybridized carbons (Fsp3) is 0.571. The van der Waals surface area contributed by atoms with Crippen LogP contribution in [0.15, 0.2) is 28.7 Å². The van der Waals surface area contributed by atoms with Crippen molar-refractivity contribution in [2.45, 2.75) is 32.9 Å². The Kier molecular flexibility index (Phi) is 3.91. The molecule has 1 heterocycles. The maximum atomic E-state index is 6.16. The van der Waals surface area contributed by atoms with Gasteiger partial charge in [-0.05, 0) is 23.5 Å². The predicted molar refractivity (Wildman–Crippen MR) is 75.8 cm³/mol. The lowest BCUT2D eigenvalue weighted by molar-refractivity contribution is 0.0897. The Morgan fingerprint density at radius 3 is 2.76 bits per heavy atom. The summed E-state index contributed by atoms with van der Waals surface area (Å²) in [5.74, 6) is 0. The van der Waals surface area contributed by atoms with Crippen molar-refractivity contribution in [2.75, 3.05) is 13.1 Å². The lowest BCUT2D eigenvalue weighted by atomic mass is 9.79. The fourth-order valence-electron chi connectivity index (χ4n) is 2.49. The van der Waals surface area contributed by atoms with E-state index in [1.54, 1.807) is 0 Å². The van der Waals surface area contributed by atoms with Gasteiger partial charge in [0.05, 0.1) is 0 Å². The molecule has 2 nitrogen and oxygen atoms in total. The molecule has 0 aliphatic carbocycles. The van der Waals surface area contributed by atoms with Crippen molar-refractivity contribution < 1.29 is 0 Å². The van der Waals surface area contributed by atoms with E-state index in [4.69, 9.17) is 5.73 Å². The number of rotatable bonds is 2. The van der Waals surface area contributed by atoms with Gasteiger partial charge in [-0.3, -0.25) is 4.90 Å². The van der Waals surface area contributed by atoms with Crippen LogP contribution in [0.4, 0.5) is 0 Å². The molecule has 1 aromatic rings. The number of benzene rings is 1. The molecule has 1 aliphatic heterocycles. The van der Waals surface area contributed by atoms with Crippen molar-refractivity contribution in [3.8, 4) is 0 Å². The highest BCUT2D eigenvalue weighted by atomic mass is 79.9. The monoisotopic (exact) mass is 296 g/mol. The normalized spacial score (nSPS) is 24.8. The number of hydrogen-bond donors (Lipinski definition) is 1. The van der Waals surface area contributed by atoms with Gasteiger partial charge in [0.1, 0.15) is 0 Å². The summed E-state index contributed by atoms with van der Waals surface area (Å²) in [6, 6.07) is 8.78. The third kappa shape index (κ3) is 3.09. The second-order valence-electron chi connectivity index (χ2n) is 5.69. The number of piperidine rings is 1. The van der Waals surface area contributed by atoms with Crippen LogP contribution < -0.4 is 5.73 Å². The molecule has 1 saturated heterocycles. The molecule has 0 saturated carbocycles. The first kappa shape index (κ1) is 13.1. The minimum Gasteiger partial charge on any atom is -0.327 e. The Labute approximate surface area is 112 Å². The molecule has 0 aromatic heterocycles. The molecule has 1 aliphatic rings. The molecule has 1 atom stereocenters. The third-order valence-electron chi connectivity index (χ3n) is 3.74. The number of halogens is 1. The maximum Gasteiger partial charge on any atom is 0.0245 e. The van der Waals surface area contributed by atoms with Crippen molar-refractivity contribution in [3.63, 3.8) is 0 Å². The van der Waals surface area contributed by atoms with Crippen LogP contribution in [0, 0.1) is 5.41 Å². The van der Waals surface area contributed by atoms with Gasteiger partial charge in [-0.15, -0.1) is 0 Å². The Morgan fingerprint density at radius 1 is 1.41 bits per heavy atom. The molecule has 1 fully saturated rings. The fourth-order valence-corrected chi connectivity index (χ4v) is 2.90. The SMILES string of the molecule is CC1(C)CN(Cc2ccccc2Br)CCC1N. The van der Waals surface area contributed by atoms with Gasteiger partial charge in [0.15, 0.2) is 0 Å². The van der Waals surface area contributed by atoms with Crippen LogP contribution in [0.3, 0.4) is 0 Å². The molecular formula is C14H21BrN2. The minimum atomic E-state index is 0.222. The van der Waals surface area contributed by atoms with E-state index in [-0.39, 0.29) is 5.41 Å². The van der Waals surface area contributed by atoms with Gasteiger partial charge in [0.25, 0.3) is 0 Å². The molecule has 0 spiro atoms. The molecule has 2 rings (SSSR count). The smallest absolute Gasteiger partial charge is 0.0245 e. The molecule has 0 bridgehead atoms. The lowest BCUT2D eigenvalue weighted by Gasteiger charge is -2.42. The molecule has 1 unspecified atom stereocenters. The topological polar surface area (TPSA) is 29.3 Å². The van der Waals surface area contributed by atoms with E-state index in [1.165, 1.54) is 10.0 Å². The summed E-state index contributed by atoms with van der Waals surface area (Å²) in [6.45, 7) is 7.73. The van der Waals surface area contributed by atoms with Crippen LogP contribution in [0.5, 0.6) is 0 Å². The van der Waals surface area contributed by atoms with Gasteiger partial charge in [-0.1, -0.05) is 48.0 Å². The zero-order valence-corrected chi connectivity index (χ0v) is 12.2. The molecule has 94 valence electrons. The van der Waals surface area contributed by atoms with E-state index in [2.05, 4.69) is 58.9 Å². The Hall–Kier alpha value is -0.380. The van der Waals surface area contributed by atoms with Crippen LogP contribution >= 0.6 is 15.9 Å². The summed E-state index contributed by atoms with van der Waals surface area (Å²) in [5.41, 5.74) is 7.74.